The summed E-state index contributed by atoms with van der Waals surface area (Å²) < 4.78 is 0. The standard InChI is InChI=1S/C13H24N2O/c1-10-3-7-12(8-4-10)15(2)9-13(16)14-11-5-6-11/h10-12H,3-9H2,1-2H3,(H,14,16). The molecule has 2 aliphatic carbocycles. The lowest BCUT2D eigenvalue weighted by Gasteiger charge is -2.33. The highest BCUT2D eigenvalue weighted by Gasteiger charge is 2.26. The summed E-state index contributed by atoms with van der Waals surface area (Å²) in [5.41, 5.74) is 0. The average molecular weight is 224 g/mol. The van der Waals surface area contributed by atoms with E-state index in [9.17, 15) is 4.79 Å². The Balaban J connectivity index is 1.69. The Morgan fingerprint density at radius 2 is 1.81 bits per heavy atom. The maximum atomic E-state index is 11.7. The van der Waals surface area contributed by atoms with Crippen molar-refractivity contribution in [2.24, 2.45) is 5.92 Å². The van der Waals surface area contributed by atoms with Crippen LogP contribution in [-0.4, -0.2) is 36.5 Å². The van der Waals surface area contributed by atoms with Crippen molar-refractivity contribution in [3.63, 3.8) is 0 Å². The molecule has 92 valence electrons. The zero-order chi connectivity index (χ0) is 11.5. The summed E-state index contributed by atoms with van der Waals surface area (Å²) in [7, 11) is 2.09. The van der Waals surface area contributed by atoms with Crippen molar-refractivity contribution in [1.82, 2.24) is 10.2 Å². The third kappa shape index (κ3) is 3.48. The van der Waals surface area contributed by atoms with Crippen LogP contribution in [0.5, 0.6) is 0 Å². The third-order valence-electron chi connectivity index (χ3n) is 3.94. The Bertz CT molecular complexity index is 242. The molecule has 0 saturated heterocycles. The fourth-order valence-electron chi connectivity index (χ4n) is 2.54. The highest BCUT2D eigenvalue weighted by Crippen LogP contribution is 2.26. The summed E-state index contributed by atoms with van der Waals surface area (Å²) in [6.45, 7) is 2.91. The zero-order valence-electron chi connectivity index (χ0n) is 10.5. The van der Waals surface area contributed by atoms with Gasteiger partial charge in [-0.1, -0.05) is 6.92 Å². The summed E-state index contributed by atoms with van der Waals surface area (Å²) in [5.74, 6) is 1.09. The number of nitrogens with one attached hydrogen (secondary N) is 1. The molecule has 0 radical (unpaired) electrons. The van der Waals surface area contributed by atoms with E-state index in [-0.39, 0.29) is 5.91 Å². The van der Waals surface area contributed by atoms with Crippen LogP contribution in [0.25, 0.3) is 0 Å². The van der Waals surface area contributed by atoms with E-state index in [1.165, 1.54) is 38.5 Å². The largest absolute Gasteiger partial charge is 0.352 e. The first kappa shape index (κ1) is 11.9. The Labute approximate surface area is 98.6 Å². The molecule has 0 unspecified atom stereocenters. The lowest BCUT2D eigenvalue weighted by Crippen LogP contribution is -2.42. The smallest absolute Gasteiger partial charge is 0.234 e. The minimum atomic E-state index is 0.212. The van der Waals surface area contributed by atoms with Gasteiger partial charge in [0.25, 0.3) is 0 Å². The first-order valence-corrected chi connectivity index (χ1v) is 6.64. The molecule has 0 bridgehead atoms. The normalized spacial score (nSPS) is 30.4. The summed E-state index contributed by atoms with van der Waals surface area (Å²) in [6.07, 6.45) is 7.51. The molecule has 16 heavy (non-hydrogen) atoms. The van der Waals surface area contributed by atoms with E-state index in [1.54, 1.807) is 0 Å². The second kappa shape index (κ2) is 5.17. The Hall–Kier alpha value is -0.570. The molecular weight excluding hydrogens is 200 g/mol. The molecule has 1 amide bonds. The fourth-order valence-corrected chi connectivity index (χ4v) is 2.54. The van der Waals surface area contributed by atoms with Gasteiger partial charge in [0.05, 0.1) is 6.54 Å². The monoisotopic (exact) mass is 224 g/mol. The van der Waals surface area contributed by atoms with E-state index in [4.69, 9.17) is 0 Å². The van der Waals surface area contributed by atoms with Gasteiger partial charge in [0.2, 0.25) is 5.91 Å². The van der Waals surface area contributed by atoms with E-state index >= 15 is 0 Å². The van der Waals surface area contributed by atoms with Gasteiger partial charge in [-0.05, 0) is 51.5 Å². The SMILES string of the molecule is CC1CCC(N(C)CC(=O)NC2CC2)CC1. The van der Waals surface area contributed by atoms with Crippen molar-refractivity contribution in [3.05, 3.63) is 0 Å². The van der Waals surface area contributed by atoms with Gasteiger partial charge in [-0.15, -0.1) is 0 Å². The molecule has 0 heterocycles. The van der Waals surface area contributed by atoms with Crippen molar-refractivity contribution < 1.29 is 4.79 Å². The molecule has 0 aromatic rings. The van der Waals surface area contributed by atoms with Crippen molar-refractivity contribution in [1.29, 1.82) is 0 Å². The molecule has 2 aliphatic rings. The molecule has 1 N–H and O–H groups in total. The Morgan fingerprint density at radius 3 is 2.38 bits per heavy atom. The molecule has 3 heteroatoms. The maximum Gasteiger partial charge on any atom is 0.234 e. The number of likely N-dealkylation sites (N-methyl/N-ethyl adjacent to an activating group) is 1. The predicted octanol–water partition coefficient (Wildman–Crippen LogP) is 1.78. The number of carbonyl (C=O) groups excluding carboxylic acids is 1. The van der Waals surface area contributed by atoms with Crippen LogP contribution < -0.4 is 5.32 Å². The van der Waals surface area contributed by atoms with Crippen LogP contribution in [-0.2, 0) is 4.79 Å². The zero-order valence-corrected chi connectivity index (χ0v) is 10.5. The molecule has 0 aliphatic heterocycles. The number of carbonyl (C=O) groups is 1. The molecule has 2 saturated carbocycles. The average Bonchev–Trinajstić information content (AvgIpc) is 3.02. The fraction of sp³-hybridized carbons (Fsp3) is 0.923. The van der Waals surface area contributed by atoms with Crippen molar-refractivity contribution in [2.45, 2.75) is 57.5 Å². The summed E-state index contributed by atoms with van der Waals surface area (Å²) in [4.78, 5) is 13.9. The van der Waals surface area contributed by atoms with Gasteiger partial charge in [-0.3, -0.25) is 9.69 Å². The topological polar surface area (TPSA) is 32.3 Å². The first-order chi connectivity index (χ1) is 7.65. The van der Waals surface area contributed by atoms with Crippen LogP contribution in [0.15, 0.2) is 0 Å². The second-order valence-corrected chi connectivity index (χ2v) is 5.67. The molecule has 0 spiro atoms. The lowest BCUT2D eigenvalue weighted by molar-refractivity contribution is -0.122. The summed E-state index contributed by atoms with van der Waals surface area (Å²) >= 11 is 0. The van der Waals surface area contributed by atoms with Crippen molar-refractivity contribution >= 4 is 5.91 Å². The van der Waals surface area contributed by atoms with Gasteiger partial charge < -0.3 is 5.32 Å². The molecule has 2 rings (SSSR count). The van der Waals surface area contributed by atoms with Gasteiger partial charge in [0, 0.05) is 12.1 Å². The Morgan fingerprint density at radius 1 is 1.19 bits per heavy atom. The van der Waals surface area contributed by atoms with E-state index in [0.29, 0.717) is 18.6 Å². The number of hydrogen-bond acceptors (Lipinski definition) is 2. The summed E-state index contributed by atoms with van der Waals surface area (Å²) in [6, 6.07) is 1.12. The second-order valence-electron chi connectivity index (χ2n) is 5.67. The minimum Gasteiger partial charge on any atom is -0.352 e. The number of hydrogen-bond donors (Lipinski definition) is 1. The highest BCUT2D eigenvalue weighted by atomic mass is 16.2. The van der Waals surface area contributed by atoms with Gasteiger partial charge in [0.15, 0.2) is 0 Å². The Kier molecular flexibility index (Phi) is 3.85. The van der Waals surface area contributed by atoms with Crippen LogP contribution >= 0.6 is 0 Å². The molecule has 2 fully saturated rings. The van der Waals surface area contributed by atoms with Gasteiger partial charge in [0.1, 0.15) is 0 Å². The minimum absolute atomic E-state index is 0.212. The molecule has 0 atom stereocenters. The lowest BCUT2D eigenvalue weighted by atomic mass is 9.87. The van der Waals surface area contributed by atoms with Gasteiger partial charge >= 0.3 is 0 Å². The maximum absolute atomic E-state index is 11.7. The predicted molar refractivity (Wildman–Crippen MR) is 65.2 cm³/mol. The van der Waals surface area contributed by atoms with Crippen molar-refractivity contribution in [3.8, 4) is 0 Å². The quantitative estimate of drug-likeness (QED) is 0.789. The molecule has 0 aromatic heterocycles. The van der Waals surface area contributed by atoms with Gasteiger partial charge in [-0.25, -0.2) is 0 Å². The first-order valence-electron chi connectivity index (χ1n) is 6.64. The molecule has 3 nitrogen and oxygen atoms in total. The van der Waals surface area contributed by atoms with Gasteiger partial charge in [-0.2, -0.15) is 0 Å². The van der Waals surface area contributed by atoms with Crippen LogP contribution in [0.1, 0.15) is 45.4 Å². The van der Waals surface area contributed by atoms with Crippen LogP contribution in [0.2, 0.25) is 0 Å². The van der Waals surface area contributed by atoms with Crippen LogP contribution in [0.4, 0.5) is 0 Å². The summed E-state index contributed by atoms with van der Waals surface area (Å²) in [5, 5.41) is 3.05. The van der Waals surface area contributed by atoms with Crippen LogP contribution in [0.3, 0.4) is 0 Å². The van der Waals surface area contributed by atoms with E-state index in [2.05, 4.69) is 24.2 Å². The third-order valence-corrected chi connectivity index (χ3v) is 3.94. The van der Waals surface area contributed by atoms with Crippen molar-refractivity contribution in [2.75, 3.05) is 13.6 Å². The van der Waals surface area contributed by atoms with E-state index in [1.807, 2.05) is 0 Å². The van der Waals surface area contributed by atoms with Crippen LogP contribution in [0, 0.1) is 5.92 Å². The highest BCUT2D eigenvalue weighted by molar-refractivity contribution is 5.78. The number of amides is 1. The van der Waals surface area contributed by atoms with E-state index < -0.39 is 0 Å². The van der Waals surface area contributed by atoms with E-state index in [0.717, 1.165) is 5.92 Å². The molecular formula is C13H24N2O. The number of nitrogens with zero attached hydrogens (tertiary/aromatic N) is 1. The molecule has 0 aromatic carbocycles. The number of rotatable bonds is 4.